The van der Waals surface area contributed by atoms with Gasteiger partial charge in [-0.25, -0.2) is 0 Å². The fourth-order valence-corrected chi connectivity index (χ4v) is 0.300. The van der Waals surface area contributed by atoms with Crippen LogP contribution in [-0.2, 0) is 0 Å². The molecule has 0 aliphatic carbocycles. The Balaban J connectivity index is 4.71. The molecule has 2 nitrogen and oxygen atoms in total. The van der Waals surface area contributed by atoms with Gasteiger partial charge in [0.15, 0.2) is 0 Å². The standard InChI is InChI=1S/C8H12N2/c1-5-7(3,4)8(9,10)6-2/h1-2H,9-10H2,3-4H3. The van der Waals surface area contributed by atoms with Crippen LogP contribution in [0.15, 0.2) is 0 Å². The molecule has 2 heteroatoms. The summed E-state index contributed by atoms with van der Waals surface area (Å²) in [6.07, 6.45) is 10.2. The van der Waals surface area contributed by atoms with E-state index >= 15 is 0 Å². The average molecular weight is 136 g/mol. The van der Waals surface area contributed by atoms with Crippen molar-refractivity contribution in [3.63, 3.8) is 0 Å². The second-order valence-electron chi connectivity index (χ2n) is 2.78. The number of nitrogens with two attached hydrogens (primary N) is 2. The monoisotopic (exact) mass is 136 g/mol. The van der Waals surface area contributed by atoms with Gasteiger partial charge in [0.05, 0.1) is 5.41 Å². The molecule has 0 radical (unpaired) electrons. The Morgan fingerprint density at radius 1 is 1.10 bits per heavy atom. The molecule has 0 bridgehead atoms. The van der Waals surface area contributed by atoms with Gasteiger partial charge in [-0.15, -0.1) is 12.8 Å². The van der Waals surface area contributed by atoms with Crippen molar-refractivity contribution < 1.29 is 0 Å². The van der Waals surface area contributed by atoms with Gasteiger partial charge in [-0.1, -0.05) is 11.8 Å². The summed E-state index contributed by atoms with van der Waals surface area (Å²) in [5.74, 6) is 4.69. The summed E-state index contributed by atoms with van der Waals surface area (Å²) in [6, 6.07) is 0. The summed E-state index contributed by atoms with van der Waals surface area (Å²) < 4.78 is 0. The molecule has 10 heavy (non-hydrogen) atoms. The van der Waals surface area contributed by atoms with E-state index in [1.807, 2.05) is 0 Å². The topological polar surface area (TPSA) is 52.0 Å². The van der Waals surface area contributed by atoms with Crippen molar-refractivity contribution in [3.05, 3.63) is 0 Å². The molecular formula is C8H12N2. The normalized spacial score (nSPS) is 11.8. The molecule has 0 aliphatic heterocycles. The quantitative estimate of drug-likeness (QED) is 0.390. The van der Waals surface area contributed by atoms with Crippen LogP contribution in [0.2, 0.25) is 0 Å². The Labute approximate surface area is 62.0 Å². The van der Waals surface area contributed by atoms with Crippen LogP contribution in [0.5, 0.6) is 0 Å². The van der Waals surface area contributed by atoms with Gasteiger partial charge in [-0.2, -0.15) is 0 Å². The number of hydrogen-bond acceptors (Lipinski definition) is 2. The second-order valence-corrected chi connectivity index (χ2v) is 2.78. The van der Waals surface area contributed by atoms with Crippen LogP contribution in [0.1, 0.15) is 13.8 Å². The maximum absolute atomic E-state index is 5.50. The van der Waals surface area contributed by atoms with Crippen LogP contribution in [-0.4, -0.2) is 5.66 Å². The second kappa shape index (κ2) is 2.34. The molecule has 0 fully saturated rings. The minimum atomic E-state index is -1.22. The predicted molar refractivity (Wildman–Crippen MR) is 42.6 cm³/mol. The fraction of sp³-hybridized carbons (Fsp3) is 0.500. The molecule has 0 aromatic heterocycles. The number of hydrogen-bond donors (Lipinski definition) is 2. The first kappa shape index (κ1) is 9.04. The van der Waals surface area contributed by atoms with E-state index in [-0.39, 0.29) is 0 Å². The Kier molecular flexibility index (Phi) is 2.12. The zero-order valence-electron chi connectivity index (χ0n) is 6.31. The van der Waals surface area contributed by atoms with Gasteiger partial charge < -0.3 is 11.5 Å². The van der Waals surface area contributed by atoms with Crippen LogP contribution in [0, 0.1) is 30.1 Å². The fourth-order valence-electron chi connectivity index (χ4n) is 0.300. The van der Waals surface area contributed by atoms with E-state index in [1.165, 1.54) is 0 Å². The van der Waals surface area contributed by atoms with Crippen LogP contribution in [0.3, 0.4) is 0 Å². The van der Waals surface area contributed by atoms with E-state index < -0.39 is 11.1 Å². The number of rotatable bonds is 1. The Morgan fingerprint density at radius 2 is 1.50 bits per heavy atom. The highest BCUT2D eigenvalue weighted by molar-refractivity contribution is 5.22. The van der Waals surface area contributed by atoms with Crippen molar-refractivity contribution in [2.75, 3.05) is 0 Å². The lowest BCUT2D eigenvalue weighted by Gasteiger charge is -2.31. The summed E-state index contributed by atoms with van der Waals surface area (Å²) in [6.45, 7) is 3.46. The lowest BCUT2D eigenvalue weighted by molar-refractivity contribution is 0.319. The Morgan fingerprint density at radius 3 is 1.60 bits per heavy atom. The van der Waals surface area contributed by atoms with Crippen LogP contribution in [0.4, 0.5) is 0 Å². The van der Waals surface area contributed by atoms with E-state index in [2.05, 4.69) is 11.8 Å². The summed E-state index contributed by atoms with van der Waals surface area (Å²) in [7, 11) is 0. The van der Waals surface area contributed by atoms with Crippen molar-refractivity contribution in [3.8, 4) is 24.7 Å². The Bertz CT molecular complexity index is 176. The van der Waals surface area contributed by atoms with Crippen LogP contribution >= 0.6 is 0 Å². The van der Waals surface area contributed by atoms with E-state index in [9.17, 15) is 0 Å². The van der Waals surface area contributed by atoms with Crippen molar-refractivity contribution in [2.45, 2.75) is 19.5 Å². The molecule has 0 heterocycles. The molecule has 0 saturated heterocycles. The molecule has 0 rings (SSSR count). The number of terminal acetylenes is 2. The van der Waals surface area contributed by atoms with E-state index in [4.69, 9.17) is 24.3 Å². The summed E-state index contributed by atoms with van der Waals surface area (Å²) in [5.41, 5.74) is 9.12. The average Bonchev–Trinajstić information content (AvgIpc) is 1.88. The Hall–Kier alpha value is -0.960. The first-order chi connectivity index (χ1) is 4.37. The minimum Gasteiger partial charge on any atom is -0.302 e. The van der Waals surface area contributed by atoms with E-state index in [1.54, 1.807) is 13.8 Å². The van der Waals surface area contributed by atoms with Crippen molar-refractivity contribution >= 4 is 0 Å². The summed E-state index contributed by atoms with van der Waals surface area (Å²) in [5, 5.41) is 0. The van der Waals surface area contributed by atoms with Gasteiger partial charge in [-0.3, -0.25) is 0 Å². The van der Waals surface area contributed by atoms with Gasteiger partial charge in [0.1, 0.15) is 5.66 Å². The molecule has 0 atom stereocenters. The zero-order valence-corrected chi connectivity index (χ0v) is 6.31. The molecule has 4 N–H and O–H groups in total. The minimum absolute atomic E-state index is 0.665. The molecular weight excluding hydrogens is 124 g/mol. The molecule has 0 spiro atoms. The van der Waals surface area contributed by atoms with Crippen molar-refractivity contribution in [1.82, 2.24) is 0 Å². The molecule has 0 aromatic rings. The van der Waals surface area contributed by atoms with Crippen molar-refractivity contribution in [1.29, 1.82) is 0 Å². The summed E-state index contributed by atoms with van der Waals surface area (Å²) >= 11 is 0. The van der Waals surface area contributed by atoms with E-state index in [0.29, 0.717) is 0 Å². The third-order valence-electron chi connectivity index (χ3n) is 1.63. The first-order valence-corrected chi connectivity index (χ1v) is 2.90. The van der Waals surface area contributed by atoms with Crippen molar-refractivity contribution in [2.24, 2.45) is 16.9 Å². The highest BCUT2D eigenvalue weighted by Crippen LogP contribution is 2.22. The van der Waals surface area contributed by atoms with Crippen LogP contribution in [0.25, 0.3) is 0 Å². The molecule has 0 saturated carbocycles. The highest BCUT2D eigenvalue weighted by Gasteiger charge is 2.34. The largest absolute Gasteiger partial charge is 0.302 e. The zero-order chi connectivity index (χ0) is 8.41. The predicted octanol–water partition coefficient (Wildman–Crippen LogP) is -0.107. The lowest BCUT2D eigenvalue weighted by Crippen LogP contribution is -2.58. The van der Waals surface area contributed by atoms with Gasteiger partial charge in [0.25, 0.3) is 0 Å². The van der Waals surface area contributed by atoms with Gasteiger partial charge in [-0.05, 0) is 13.8 Å². The van der Waals surface area contributed by atoms with E-state index in [0.717, 1.165) is 0 Å². The third-order valence-corrected chi connectivity index (χ3v) is 1.63. The molecule has 0 aromatic carbocycles. The SMILES string of the molecule is C#CC(C)(C)C(N)(N)C#C. The van der Waals surface area contributed by atoms with Gasteiger partial charge in [0.2, 0.25) is 0 Å². The smallest absolute Gasteiger partial charge is 0.143 e. The molecule has 0 amide bonds. The molecule has 54 valence electrons. The summed E-state index contributed by atoms with van der Waals surface area (Å²) in [4.78, 5) is 0. The maximum atomic E-state index is 5.50. The third kappa shape index (κ3) is 1.30. The van der Waals surface area contributed by atoms with Gasteiger partial charge >= 0.3 is 0 Å². The van der Waals surface area contributed by atoms with Crippen LogP contribution < -0.4 is 11.5 Å². The maximum Gasteiger partial charge on any atom is 0.143 e. The van der Waals surface area contributed by atoms with Gasteiger partial charge in [0, 0.05) is 0 Å². The molecule has 0 aliphatic rings. The lowest BCUT2D eigenvalue weighted by atomic mass is 9.81. The highest BCUT2D eigenvalue weighted by atomic mass is 15.0. The molecule has 0 unspecified atom stereocenters. The first-order valence-electron chi connectivity index (χ1n) is 2.90.